The standard InChI is InChI=1S/C20H25N3O2/c1-14-17(23-18(21-14)15-8-4-2-5-9-15)19(24)22-16-12-20(25-13-16)10-6-3-7-11-20/h2,4-5,8-9,16H,3,6-7,10-13H2,1H3,(H,21,23)(H,22,24)/t16-/m0/s1. The van der Waals surface area contributed by atoms with Crippen LogP contribution in [0.4, 0.5) is 0 Å². The van der Waals surface area contributed by atoms with Crippen molar-refractivity contribution in [1.29, 1.82) is 0 Å². The molecule has 0 unspecified atom stereocenters. The lowest BCUT2D eigenvalue weighted by Crippen LogP contribution is -2.37. The Labute approximate surface area is 148 Å². The van der Waals surface area contributed by atoms with Crippen LogP contribution in [0.25, 0.3) is 11.4 Å². The van der Waals surface area contributed by atoms with Crippen LogP contribution in [-0.4, -0.2) is 34.1 Å². The molecule has 2 fully saturated rings. The minimum absolute atomic E-state index is 0.00597. The minimum atomic E-state index is -0.114. The zero-order valence-electron chi connectivity index (χ0n) is 14.7. The molecule has 1 atom stereocenters. The average Bonchev–Trinajstić information content (AvgIpc) is 3.20. The Hall–Kier alpha value is -2.14. The van der Waals surface area contributed by atoms with Gasteiger partial charge in [-0.15, -0.1) is 0 Å². The SMILES string of the molecule is Cc1[nH]c(-c2ccccc2)nc1C(=O)N[C@@H]1COC2(CCCCC2)C1. The minimum Gasteiger partial charge on any atom is -0.373 e. The molecule has 1 aliphatic carbocycles. The Morgan fingerprint density at radius 3 is 2.76 bits per heavy atom. The third-order valence-electron chi connectivity index (χ3n) is 5.46. The number of rotatable bonds is 3. The van der Waals surface area contributed by atoms with E-state index in [9.17, 15) is 4.79 Å². The molecule has 1 aliphatic heterocycles. The summed E-state index contributed by atoms with van der Waals surface area (Å²) < 4.78 is 6.09. The Bertz CT molecular complexity index is 748. The van der Waals surface area contributed by atoms with Crippen LogP contribution in [0.1, 0.15) is 54.7 Å². The molecule has 1 amide bonds. The van der Waals surface area contributed by atoms with Crippen molar-refractivity contribution < 1.29 is 9.53 Å². The molecule has 132 valence electrons. The summed E-state index contributed by atoms with van der Waals surface area (Å²) in [5.41, 5.74) is 2.26. The summed E-state index contributed by atoms with van der Waals surface area (Å²) in [6.45, 7) is 2.50. The molecule has 1 saturated heterocycles. The highest BCUT2D eigenvalue weighted by molar-refractivity contribution is 5.94. The van der Waals surface area contributed by atoms with Gasteiger partial charge in [0, 0.05) is 11.3 Å². The summed E-state index contributed by atoms with van der Waals surface area (Å²) in [7, 11) is 0. The highest BCUT2D eigenvalue weighted by Crippen LogP contribution is 2.39. The fraction of sp³-hybridized carbons (Fsp3) is 0.500. The number of H-pyrrole nitrogens is 1. The summed E-state index contributed by atoms with van der Waals surface area (Å²) in [4.78, 5) is 20.4. The third-order valence-corrected chi connectivity index (χ3v) is 5.46. The number of aromatic nitrogens is 2. The molecule has 2 aliphatic rings. The molecule has 1 saturated carbocycles. The van der Waals surface area contributed by atoms with Crippen LogP contribution < -0.4 is 5.32 Å². The van der Waals surface area contributed by atoms with Crippen molar-refractivity contribution in [1.82, 2.24) is 15.3 Å². The lowest BCUT2D eigenvalue weighted by atomic mass is 9.82. The van der Waals surface area contributed by atoms with Crippen molar-refractivity contribution >= 4 is 5.91 Å². The van der Waals surface area contributed by atoms with Gasteiger partial charge in [-0.1, -0.05) is 49.6 Å². The molecule has 5 nitrogen and oxygen atoms in total. The van der Waals surface area contributed by atoms with Crippen LogP contribution in [0.5, 0.6) is 0 Å². The molecule has 2 aromatic rings. The maximum atomic E-state index is 12.7. The largest absolute Gasteiger partial charge is 0.373 e. The molecule has 5 heteroatoms. The second-order valence-electron chi connectivity index (χ2n) is 7.35. The topological polar surface area (TPSA) is 67.0 Å². The number of nitrogens with one attached hydrogen (secondary N) is 2. The van der Waals surface area contributed by atoms with E-state index >= 15 is 0 Å². The highest BCUT2D eigenvalue weighted by Gasteiger charge is 2.41. The van der Waals surface area contributed by atoms with Crippen molar-refractivity contribution in [2.75, 3.05) is 6.61 Å². The summed E-state index contributed by atoms with van der Waals surface area (Å²) in [6, 6.07) is 9.95. The maximum absolute atomic E-state index is 12.7. The van der Waals surface area contributed by atoms with Crippen LogP contribution in [0.15, 0.2) is 30.3 Å². The van der Waals surface area contributed by atoms with E-state index in [1.165, 1.54) is 19.3 Å². The van der Waals surface area contributed by atoms with Crippen LogP contribution in [0.2, 0.25) is 0 Å². The first kappa shape index (κ1) is 16.3. The fourth-order valence-electron chi connectivity index (χ4n) is 4.15. The normalized spacial score (nSPS) is 22.2. The van der Waals surface area contributed by atoms with Crippen LogP contribution in [0.3, 0.4) is 0 Å². The molecule has 4 rings (SSSR count). The quantitative estimate of drug-likeness (QED) is 0.898. The molecule has 25 heavy (non-hydrogen) atoms. The lowest BCUT2D eigenvalue weighted by molar-refractivity contribution is -0.0246. The van der Waals surface area contributed by atoms with Gasteiger partial charge in [0.1, 0.15) is 11.5 Å². The van der Waals surface area contributed by atoms with Gasteiger partial charge in [-0.25, -0.2) is 4.98 Å². The van der Waals surface area contributed by atoms with E-state index in [2.05, 4.69) is 15.3 Å². The number of hydrogen-bond acceptors (Lipinski definition) is 3. The van der Waals surface area contributed by atoms with Crippen molar-refractivity contribution in [2.45, 2.75) is 57.1 Å². The molecule has 2 heterocycles. The third kappa shape index (κ3) is 3.33. The van der Waals surface area contributed by atoms with E-state index in [0.29, 0.717) is 12.3 Å². The van der Waals surface area contributed by atoms with Crippen LogP contribution in [0, 0.1) is 6.92 Å². The Morgan fingerprint density at radius 1 is 1.24 bits per heavy atom. The van der Waals surface area contributed by atoms with Crippen molar-refractivity contribution in [2.24, 2.45) is 0 Å². The summed E-state index contributed by atoms with van der Waals surface area (Å²) in [5, 5.41) is 3.13. The van der Waals surface area contributed by atoms with Gasteiger partial charge in [0.25, 0.3) is 5.91 Å². The van der Waals surface area contributed by atoms with E-state index in [1.807, 2.05) is 37.3 Å². The second kappa shape index (κ2) is 6.64. The number of nitrogens with zero attached hydrogens (tertiary/aromatic N) is 1. The summed E-state index contributed by atoms with van der Waals surface area (Å²) >= 11 is 0. The van der Waals surface area contributed by atoms with E-state index in [0.717, 1.165) is 36.3 Å². The van der Waals surface area contributed by atoms with Gasteiger partial charge >= 0.3 is 0 Å². The number of hydrogen-bond donors (Lipinski definition) is 2. The lowest BCUT2D eigenvalue weighted by Gasteiger charge is -2.32. The maximum Gasteiger partial charge on any atom is 0.272 e. The first-order valence-corrected chi connectivity index (χ1v) is 9.22. The molecule has 0 radical (unpaired) electrons. The van der Waals surface area contributed by atoms with Crippen molar-refractivity contribution in [3.63, 3.8) is 0 Å². The number of imidazole rings is 1. The monoisotopic (exact) mass is 339 g/mol. The highest BCUT2D eigenvalue weighted by atomic mass is 16.5. The van der Waals surface area contributed by atoms with Crippen molar-refractivity contribution in [3.8, 4) is 11.4 Å². The number of aryl methyl sites for hydroxylation is 1. The molecular formula is C20H25N3O2. The second-order valence-corrected chi connectivity index (χ2v) is 7.35. The Morgan fingerprint density at radius 2 is 2.00 bits per heavy atom. The number of benzene rings is 1. The zero-order chi connectivity index (χ0) is 17.3. The first-order valence-electron chi connectivity index (χ1n) is 9.22. The first-order chi connectivity index (χ1) is 12.2. The Kier molecular flexibility index (Phi) is 4.34. The van der Waals surface area contributed by atoms with E-state index in [-0.39, 0.29) is 17.6 Å². The summed E-state index contributed by atoms with van der Waals surface area (Å²) in [6.07, 6.45) is 6.95. The molecule has 2 N–H and O–H groups in total. The van der Waals surface area contributed by atoms with Gasteiger partial charge in [-0.2, -0.15) is 0 Å². The fourth-order valence-corrected chi connectivity index (χ4v) is 4.15. The van der Waals surface area contributed by atoms with Crippen molar-refractivity contribution in [3.05, 3.63) is 41.7 Å². The number of carbonyl (C=O) groups excluding carboxylic acids is 1. The number of aromatic amines is 1. The molecule has 1 aromatic carbocycles. The predicted octanol–water partition coefficient (Wildman–Crippen LogP) is 3.61. The van der Waals surface area contributed by atoms with Crippen LogP contribution >= 0.6 is 0 Å². The summed E-state index contributed by atoms with van der Waals surface area (Å²) in [5.74, 6) is 0.618. The number of amides is 1. The van der Waals surface area contributed by atoms with Gasteiger partial charge in [0.05, 0.1) is 18.2 Å². The van der Waals surface area contributed by atoms with E-state index in [1.54, 1.807) is 0 Å². The van der Waals surface area contributed by atoms with E-state index in [4.69, 9.17) is 4.74 Å². The van der Waals surface area contributed by atoms with Gasteiger partial charge in [0.15, 0.2) is 0 Å². The number of carbonyl (C=O) groups is 1. The van der Waals surface area contributed by atoms with Gasteiger partial charge in [0.2, 0.25) is 0 Å². The Balaban J connectivity index is 1.44. The van der Waals surface area contributed by atoms with Gasteiger partial charge in [-0.05, 0) is 26.2 Å². The molecular weight excluding hydrogens is 314 g/mol. The van der Waals surface area contributed by atoms with E-state index < -0.39 is 0 Å². The number of ether oxygens (including phenoxy) is 1. The molecule has 0 bridgehead atoms. The zero-order valence-corrected chi connectivity index (χ0v) is 14.7. The van der Waals surface area contributed by atoms with Crippen LogP contribution in [-0.2, 0) is 4.74 Å². The molecule has 1 spiro atoms. The average molecular weight is 339 g/mol. The predicted molar refractivity (Wildman–Crippen MR) is 96.4 cm³/mol. The smallest absolute Gasteiger partial charge is 0.272 e. The van der Waals surface area contributed by atoms with Gasteiger partial charge in [-0.3, -0.25) is 4.79 Å². The molecule has 1 aromatic heterocycles. The van der Waals surface area contributed by atoms with Gasteiger partial charge < -0.3 is 15.0 Å².